The summed E-state index contributed by atoms with van der Waals surface area (Å²) in [5.74, 6) is -1.38. The minimum atomic E-state index is -1.04. The van der Waals surface area contributed by atoms with Crippen LogP contribution in [0.15, 0.2) is 52.9 Å². The van der Waals surface area contributed by atoms with Crippen molar-refractivity contribution in [1.29, 1.82) is 0 Å². The van der Waals surface area contributed by atoms with Crippen LogP contribution in [-0.2, 0) is 9.53 Å². The molecular weight excluding hydrogens is 408 g/mol. The van der Waals surface area contributed by atoms with E-state index in [4.69, 9.17) is 9.15 Å². The zero-order chi connectivity index (χ0) is 21.3. The van der Waals surface area contributed by atoms with E-state index in [1.165, 1.54) is 25.3 Å². The number of ether oxygens (including phenoxy) is 1. The van der Waals surface area contributed by atoms with Gasteiger partial charge in [0.15, 0.2) is 0 Å². The predicted octanol–water partition coefficient (Wildman–Crippen LogP) is 4.05. The molecule has 4 rings (SSSR count). The van der Waals surface area contributed by atoms with Gasteiger partial charge < -0.3 is 19.4 Å². The van der Waals surface area contributed by atoms with E-state index in [9.17, 15) is 19.8 Å². The van der Waals surface area contributed by atoms with E-state index in [0.29, 0.717) is 33.7 Å². The second-order valence-corrected chi connectivity index (χ2v) is 7.08. The Balaban J connectivity index is 1.81. The van der Waals surface area contributed by atoms with Gasteiger partial charge in [0.25, 0.3) is 0 Å². The monoisotopic (exact) mass is 424 g/mol. The van der Waals surface area contributed by atoms with Gasteiger partial charge in [0.2, 0.25) is 0 Å². The largest absolute Gasteiger partial charge is 0.508 e. The lowest BCUT2D eigenvalue weighted by molar-refractivity contribution is -0.140. The summed E-state index contributed by atoms with van der Waals surface area (Å²) >= 11 is 1.01. The molecule has 2 N–H and O–H groups in total. The SMILES string of the molecule is COC(=O)CC(c1ccc(-c2cccc(C(=O)O)c2)o1)c1c(O)ccc2nsnc12. The molecule has 0 radical (unpaired) electrons. The van der Waals surface area contributed by atoms with Crippen LogP contribution in [0.4, 0.5) is 0 Å². The van der Waals surface area contributed by atoms with Crippen molar-refractivity contribution in [1.82, 2.24) is 8.75 Å². The molecule has 2 aromatic heterocycles. The first-order valence-corrected chi connectivity index (χ1v) is 9.65. The number of carbonyl (C=O) groups is 2. The van der Waals surface area contributed by atoms with Gasteiger partial charge in [-0.25, -0.2) is 4.79 Å². The number of rotatable bonds is 6. The van der Waals surface area contributed by atoms with Crippen LogP contribution in [0.2, 0.25) is 0 Å². The van der Waals surface area contributed by atoms with Gasteiger partial charge in [-0.3, -0.25) is 4.79 Å². The number of aromatic nitrogens is 2. The van der Waals surface area contributed by atoms with Crippen LogP contribution >= 0.6 is 11.7 Å². The highest BCUT2D eigenvalue weighted by Gasteiger charge is 2.28. The lowest BCUT2D eigenvalue weighted by Gasteiger charge is -2.16. The molecule has 0 spiro atoms. The number of nitrogens with zero attached hydrogens (tertiary/aromatic N) is 2. The van der Waals surface area contributed by atoms with Gasteiger partial charge in [-0.15, -0.1) is 0 Å². The van der Waals surface area contributed by atoms with Gasteiger partial charge in [-0.2, -0.15) is 8.75 Å². The van der Waals surface area contributed by atoms with Gasteiger partial charge in [0.1, 0.15) is 28.3 Å². The van der Waals surface area contributed by atoms with Crippen molar-refractivity contribution in [3.8, 4) is 17.1 Å². The van der Waals surface area contributed by atoms with E-state index in [1.807, 2.05) is 0 Å². The van der Waals surface area contributed by atoms with Gasteiger partial charge in [-0.05, 0) is 36.4 Å². The van der Waals surface area contributed by atoms with Crippen molar-refractivity contribution in [2.24, 2.45) is 0 Å². The summed E-state index contributed by atoms with van der Waals surface area (Å²) in [5.41, 5.74) is 2.22. The standard InChI is InChI=1S/C21H16N2O6S/c1-28-18(25)10-13(19-15(24)6-5-14-20(19)23-30-22-14)17-8-7-16(29-17)11-3-2-4-12(9-11)21(26)27/h2-9,13,24H,10H2,1H3,(H,26,27). The number of phenolic OH excluding ortho intramolecular Hbond substituents is 1. The summed E-state index contributed by atoms with van der Waals surface area (Å²) < 4.78 is 19.3. The first kappa shape index (κ1) is 19.6. The lowest BCUT2D eigenvalue weighted by atomic mass is 9.91. The second kappa shape index (κ2) is 7.96. The first-order chi connectivity index (χ1) is 14.5. The summed E-state index contributed by atoms with van der Waals surface area (Å²) in [6, 6.07) is 12.9. The number of carboxylic acid groups (broad SMARTS) is 1. The third-order valence-corrected chi connectivity index (χ3v) is 5.30. The first-order valence-electron chi connectivity index (χ1n) is 8.92. The second-order valence-electron chi connectivity index (χ2n) is 6.55. The zero-order valence-corrected chi connectivity index (χ0v) is 16.5. The molecule has 8 nitrogen and oxygen atoms in total. The third kappa shape index (κ3) is 3.62. The Morgan fingerprint density at radius 3 is 2.77 bits per heavy atom. The average molecular weight is 424 g/mol. The minimum absolute atomic E-state index is 0.0325. The number of hydrogen-bond donors (Lipinski definition) is 2. The van der Waals surface area contributed by atoms with Gasteiger partial charge >= 0.3 is 11.9 Å². The number of furan rings is 1. The molecule has 9 heteroatoms. The Labute approximate surface area is 174 Å². The fraction of sp³-hybridized carbons (Fsp3) is 0.143. The van der Waals surface area contributed by atoms with Gasteiger partial charge in [-0.1, -0.05) is 12.1 Å². The van der Waals surface area contributed by atoms with Crippen molar-refractivity contribution < 1.29 is 29.0 Å². The number of benzene rings is 2. The van der Waals surface area contributed by atoms with E-state index in [1.54, 1.807) is 30.3 Å². The maximum absolute atomic E-state index is 12.1. The molecule has 0 bridgehead atoms. The highest BCUT2D eigenvalue weighted by molar-refractivity contribution is 7.00. The summed E-state index contributed by atoms with van der Waals surface area (Å²) in [5, 5.41) is 19.8. The number of fused-ring (bicyclic) bond motifs is 1. The quantitative estimate of drug-likeness (QED) is 0.445. The fourth-order valence-electron chi connectivity index (χ4n) is 3.30. The highest BCUT2D eigenvalue weighted by atomic mass is 32.1. The fourth-order valence-corrected chi connectivity index (χ4v) is 3.85. The summed E-state index contributed by atoms with van der Waals surface area (Å²) in [4.78, 5) is 23.4. The third-order valence-electron chi connectivity index (χ3n) is 4.76. The van der Waals surface area contributed by atoms with Crippen molar-refractivity contribution in [3.63, 3.8) is 0 Å². The van der Waals surface area contributed by atoms with Crippen molar-refractivity contribution in [3.05, 3.63) is 65.4 Å². The number of phenols is 1. The minimum Gasteiger partial charge on any atom is -0.508 e. The van der Waals surface area contributed by atoms with E-state index in [0.717, 1.165) is 11.7 Å². The van der Waals surface area contributed by atoms with E-state index in [2.05, 4.69) is 8.75 Å². The van der Waals surface area contributed by atoms with Gasteiger partial charge in [0, 0.05) is 11.1 Å². The number of esters is 1. The average Bonchev–Trinajstić information content (AvgIpc) is 3.42. The molecule has 0 saturated heterocycles. The molecule has 2 heterocycles. The van der Waals surface area contributed by atoms with Gasteiger partial charge in [0.05, 0.1) is 36.7 Å². The summed E-state index contributed by atoms with van der Waals surface area (Å²) in [6.07, 6.45) is -0.0805. The molecule has 0 fully saturated rings. The maximum atomic E-state index is 12.1. The molecule has 2 aromatic carbocycles. The topological polar surface area (TPSA) is 123 Å². The Hall–Kier alpha value is -3.72. The van der Waals surface area contributed by atoms with Crippen LogP contribution in [-0.4, -0.2) is 38.0 Å². The van der Waals surface area contributed by atoms with Crippen LogP contribution in [0.5, 0.6) is 5.75 Å². The Bertz CT molecular complexity index is 1250. The normalized spacial score (nSPS) is 12.0. The van der Waals surface area contributed by atoms with Crippen LogP contribution in [0, 0.1) is 0 Å². The number of aromatic carboxylic acids is 1. The van der Waals surface area contributed by atoms with Crippen LogP contribution in [0.3, 0.4) is 0 Å². The van der Waals surface area contributed by atoms with Crippen molar-refractivity contribution in [2.75, 3.05) is 7.11 Å². The molecule has 152 valence electrons. The highest BCUT2D eigenvalue weighted by Crippen LogP contribution is 2.40. The lowest BCUT2D eigenvalue weighted by Crippen LogP contribution is -2.10. The molecule has 1 unspecified atom stereocenters. The molecule has 0 saturated carbocycles. The molecular formula is C21H16N2O6S. The number of aromatic hydroxyl groups is 1. The summed E-state index contributed by atoms with van der Waals surface area (Å²) in [7, 11) is 1.29. The van der Waals surface area contributed by atoms with Crippen LogP contribution < -0.4 is 0 Å². The Kier molecular flexibility index (Phi) is 5.20. The summed E-state index contributed by atoms with van der Waals surface area (Å²) in [6.45, 7) is 0. The van der Waals surface area contributed by atoms with Crippen molar-refractivity contribution >= 4 is 34.7 Å². The van der Waals surface area contributed by atoms with Crippen molar-refractivity contribution in [2.45, 2.75) is 12.3 Å². The number of carbonyl (C=O) groups excluding carboxylic acids is 1. The number of hydrogen-bond acceptors (Lipinski definition) is 8. The molecule has 4 aromatic rings. The number of carboxylic acids is 1. The Morgan fingerprint density at radius 1 is 1.17 bits per heavy atom. The van der Waals surface area contributed by atoms with E-state index < -0.39 is 17.9 Å². The zero-order valence-electron chi connectivity index (χ0n) is 15.7. The molecule has 30 heavy (non-hydrogen) atoms. The van der Waals surface area contributed by atoms with Crippen LogP contribution in [0.1, 0.15) is 34.0 Å². The molecule has 1 atom stereocenters. The predicted molar refractivity (Wildman–Crippen MR) is 109 cm³/mol. The molecule has 0 aliphatic carbocycles. The molecule has 0 aliphatic heterocycles. The molecule has 0 aliphatic rings. The number of methoxy groups -OCH3 is 1. The smallest absolute Gasteiger partial charge is 0.335 e. The Morgan fingerprint density at radius 2 is 2.00 bits per heavy atom. The van der Waals surface area contributed by atoms with Crippen LogP contribution in [0.25, 0.3) is 22.4 Å². The molecule has 0 amide bonds. The van der Waals surface area contributed by atoms with E-state index >= 15 is 0 Å². The van der Waals surface area contributed by atoms with E-state index in [-0.39, 0.29) is 17.7 Å². The maximum Gasteiger partial charge on any atom is 0.335 e.